The van der Waals surface area contributed by atoms with E-state index in [1.54, 1.807) is 0 Å². The van der Waals surface area contributed by atoms with E-state index in [0.29, 0.717) is 22.7 Å². The summed E-state index contributed by atoms with van der Waals surface area (Å²) in [6.07, 6.45) is 0. The van der Waals surface area contributed by atoms with Gasteiger partial charge in [0, 0.05) is 21.1 Å². The average Bonchev–Trinajstić information content (AvgIpc) is 1.68. The zero-order valence-corrected chi connectivity index (χ0v) is 9.93. The van der Waals surface area contributed by atoms with Crippen molar-refractivity contribution in [3.63, 3.8) is 0 Å². The third kappa shape index (κ3) is 5.78. The largest absolute Gasteiger partial charge is 0 e. The molecule has 0 amide bonds. The zero-order chi connectivity index (χ0) is 5.91. The third-order valence-electron chi connectivity index (χ3n) is 0.236. The summed E-state index contributed by atoms with van der Waals surface area (Å²) in [5.74, 6) is 0. The Bertz CT molecular complexity index is 88.0. The van der Waals surface area contributed by atoms with Crippen LogP contribution in [0, 0.1) is 0 Å². The van der Waals surface area contributed by atoms with Crippen molar-refractivity contribution in [1.82, 2.24) is 0 Å². The second-order valence-electron chi connectivity index (χ2n) is 0.656. The maximum Gasteiger partial charge on any atom is 0 e. The molecular weight excluding hydrogens is 417 g/mol. The normalized spacial score (nSPS) is 16.2. The summed E-state index contributed by atoms with van der Waals surface area (Å²) in [5.41, 5.74) is 0. The summed E-state index contributed by atoms with van der Waals surface area (Å²) in [7, 11) is 0.432. The van der Waals surface area contributed by atoms with Gasteiger partial charge < -0.3 is 0 Å². The smallest absolute Gasteiger partial charge is 0 e. The fraction of sp³-hybridized carbons (Fsp3) is 0. The van der Waals surface area contributed by atoms with E-state index in [2.05, 4.69) is 15.4 Å². The molecule has 0 aromatic rings. The summed E-state index contributed by atoms with van der Waals surface area (Å²) in [6.45, 7) is 0. The minimum atomic E-state index is -3.85. The summed E-state index contributed by atoms with van der Waals surface area (Å²) in [5, 5.41) is 0. The minimum Gasteiger partial charge on any atom is 0 e. The van der Waals surface area contributed by atoms with Crippen LogP contribution in [-0.2, 0) is 33.0 Å². The van der Waals surface area contributed by atoms with E-state index in [1.807, 2.05) is 0 Å². The summed E-state index contributed by atoms with van der Waals surface area (Å²) < 4.78 is 17.3. The van der Waals surface area contributed by atoms with Gasteiger partial charge in [-0.1, -0.05) is 0 Å². The van der Waals surface area contributed by atoms with Crippen molar-refractivity contribution >= 4 is 38.6 Å². The van der Waals surface area contributed by atoms with Crippen molar-refractivity contribution < 1.29 is 37.9 Å². The van der Waals surface area contributed by atoms with Crippen molar-refractivity contribution in [1.29, 1.82) is 0 Å². The Morgan fingerprint density at radius 2 is 2.12 bits per heavy atom. The number of phosphoric acid groups is 1. The van der Waals surface area contributed by atoms with Gasteiger partial charge in [-0.25, -0.2) is 0 Å². The first-order valence-corrected chi connectivity index (χ1v) is 3.70. The number of hydrogen-bond acceptors (Lipinski definition) is 3. The SMILES string of the molecule is [B]OP(=O)(O)O[TeH].[W]. The molecule has 4 nitrogen and oxygen atoms in total. The van der Waals surface area contributed by atoms with E-state index in [9.17, 15) is 4.57 Å². The molecule has 0 rings (SSSR count). The minimum absolute atomic E-state index is 0. The van der Waals surface area contributed by atoms with Crippen LogP contribution in [0.4, 0.5) is 0 Å². The second kappa shape index (κ2) is 5.44. The number of rotatable bonds is 2. The van der Waals surface area contributed by atoms with Gasteiger partial charge in [-0.15, -0.1) is 0 Å². The quantitative estimate of drug-likeness (QED) is 0.462. The molecule has 0 aliphatic heterocycles. The van der Waals surface area contributed by atoms with Gasteiger partial charge in [-0.05, 0) is 0 Å². The molecule has 2 radical (unpaired) electrons. The molecule has 0 aromatic heterocycles. The third-order valence-corrected chi connectivity index (χ3v) is 2.48. The van der Waals surface area contributed by atoms with E-state index in [4.69, 9.17) is 4.89 Å². The predicted molar refractivity (Wildman–Crippen MR) is 24.9 cm³/mol. The summed E-state index contributed by atoms with van der Waals surface area (Å²) >= 11 is 0.704. The van der Waals surface area contributed by atoms with Crippen LogP contribution in [0.15, 0.2) is 0 Å². The zero-order valence-electron chi connectivity index (χ0n) is 3.55. The van der Waals surface area contributed by atoms with Crippen LogP contribution in [0.5, 0.6) is 0 Å². The summed E-state index contributed by atoms with van der Waals surface area (Å²) in [6, 6.07) is 0. The van der Waals surface area contributed by atoms with Crippen LogP contribution in [0.3, 0.4) is 0 Å². The maximum atomic E-state index is 9.95. The van der Waals surface area contributed by atoms with Gasteiger partial charge in [0.25, 0.3) is 0 Å². The molecule has 1 unspecified atom stereocenters. The molecular formula is H2BO4PTeW. The predicted octanol–water partition coefficient (Wildman–Crippen LogP) is -0.983. The molecule has 1 atom stereocenters. The van der Waals surface area contributed by atoms with Crippen molar-refractivity contribution in [3.8, 4) is 0 Å². The van der Waals surface area contributed by atoms with Crippen LogP contribution in [-0.4, -0.2) is 35.6 Å². The van der Waals surface area contributed by atoms with Crippen LogP contribution in [0.1, 0.15) is 0 Å². The first-order valence-electron chi connectivity index (χ1n) is 1.17. The summed E-state index contributed by atoms with van der Waals surface area (Å²) in [4.78, 5) is 8.13. The van der Waals surface area contributed by atoms with Gasteiger partial charge in [0.05, 0.1) is 0 Å². The molecule has 8 heavy (non-hydrogen) atoms. The fourth-order valence-electron chi connectivity index (χ4n) is 0.0192. The van der Waals surface area contributed by atoms with Gasteiger partial charge in [-0.2, -0.15) is 0 Å². The molecule has 8 heteroatoms. The molecule has 0 fully saturated rings. The van der Waals surface area contributed by atoms with Crippen molar-refractivity contribution in [2.45, 2.75) is 0 Å². The topological polar surface area (TPSA) is 55.8 Å². The molecule has 46 valence electrons. The van der Waals surface area contributed by atoms with Gasteiger partial charge >= 0.3 is 55.4 Å². The monoisotopic (exact) mass is 422 g/mol. The van der Waals surface area contributed by atoms with Crippen LogP contribution < -0.4 is 0 Å². The standard InChI is InChI=1S/BH2O4PTe.W/c1-4-6(2,3)5-7;/h7H,(H,2,3);. The van der Waals surface area contributed by atoms with E-state index in [0.717, 1.165) is 0 Å². The maximum absolute atomic E-state index is 9.95. The van der Waals surface area contributed by atoms with Crippen molar-refractivity contribution in [2.75, 3.05) is 0 Å². The van der Waals surface area contributed by atoms with Crippen LogP contribution in [0.25, 0.3) is 0 Å². The van der Waals surface area contributed by atoms with Crippen molar-refractivity contribution in [3.05, 3.63) is 0 Å². The number of hydrogen-bond donors (Lipinski definition) is 1. The molecule has 0 saturated heterocycles. The Kier molecular flexibility index (Phi) is 8.39. The van der Waals surface area contributed by atoms with E-state index in [-0.39, 0.29) is 21.1 Å². The molecule has 1 N–H and O–H groups in total. The first-order chi connectivity index (χ1) is 3.12. The van der Waals surface area contributed by atoms with E-state index in [1.165, 1.54) is 0 Å². The Morgan fingerprint density at radius 1 is 1.75 bits per heavy atom. The molecule has 0 aliphatic carbocycles. The van der Waals surface area contributed by atoms with Crippen LogP contribution >= 0.6 is 7.82 Å². The van der Waals surface area contributed by atoms with Crippen LogP contribution in [0.2, 0.25) is 0 Å². The fourth-order valence-corrected chi connectivity index (χ4v) is 0.387. The second-order valence-corrected chi connectivity index (χ2v) is 3.37. The Morgan fingerprint density at radius 3 is 2.12 bits per heavy atom. The van der Waals surface area contributed by atoms with Gasteiger partial charge in [0.15, 0.2) is 0 Å². The first kappa shape index (κ1) is 12.3. The molecule has 0 heterocycles. The van der Waals surface area contributed by atoms with Gasteiger partial charge in [-0.3, -0.25) is 0 Å². The molecule has 0 saturated carbocycles. The van der Waals surface area contributed by atoms with Crippen molar-refractivity contribution in [2.24, 2.45) is 0 Å². The Hall–Kier alpha value is 1.65. The molecule has 0 bridgehead atoms. The van der Waals surface area contributed by atoms with Gasteiger partial charge in [0.2, 0.25) is 0 Å². The molecule has 0 aromatic carbocycles. The van der Waals surface area contributed by atoms with E-state index >= 15 is 0 Å². The molecule has 0 aliphatic rings. The van der Waals surface area contributed by atoms with E-state index < -0.39 is 7.82 Å². The average molecular weight is 419 g/mol. The van der Waals surface area contributed by atoms with Gasteiger partial charge in [0.1, 0.15) is 0 Å². The molecule has 0 spiro atoms. The Balaban J connectivity index is 0. The Labute approximate surface area is 76.1 Å².